The first-order chi connectivity index (χ1) is 9.81. The average molecular weight is 307 g/mol. The highest BCUT2D eigenvalue weighted by molar-refractivity contribution is 7.83. The van der Waals surface area contributed by atoms with Crippen molar-refractivity contribution in [2.75, 3.05) is 7.11 Å². The molecule has 1 heterocycles. The summed E-state index contributed by atoms with van der Waals surface area (Å²) in [6.45, 7) is 11.5. The second-order valence-electron chi connectivity index (χ2n) is 5.50. The summed E-state index contributed by atoms with van der Waals surface area (Å²) in [7, 11) is -0.0803. The molecule has 0 spiro atoms. The van der Waals surface area contributed by atoms with Gasteiger partial charge < -0.3 is 4.74 Å². The molecule has 1 aliphatic rings. The minimum Gasteiger partial charge on any atom is -0.467 e. The number of benzene rings is 1. The van der Waals surface area contributed by atoms with Gasteiger partial charge in [-0.05, 0) is 38.8 Å². The summed E-state index contributed by atoms with van der Waals surface area (Å²) in [6.07, 6.45) is 1.53. The lowest BCUT2D eigenvalue weighted by Crippen LogP contribution is -2.30. The van der Waals surface area contributed by atoms with Crippen LogP contribution in [-0.2, 0) is 20.5 Å². The Labute approximate surface area is 128 Å². The van der Waals surface area contributed by atoms with Gasteiger partial charge in [0.15, 0.2) is 5.54 Å². The van der Waals surface area contributed by atoms with Crippen molar-refractivity contribution in [2.24, 2.45) is 0 Å². The number of carbonyl (C=O) groups excluding carboxylic acids is 1. The monoisotopic (exact) mass is 307 g/mol. The van der Waals surface area contributed by atoms with Crippen LogP contribution in [0.1, 0.15) is 23.6 Å². The molecule has 0 N–H and O–H groups in total. The third-order valence-corrected chi connectivity index (χ3v) is 6.04. The van der Waals surface area contributed by atoms with Gasteiger partial charge in [0.1, 0.15) is 11.0 Å². The van der Waals surface area contributed by atoms with Crippen molar-refractivity contribution in [3.8, 4) is 0 Å². The lowest BCUT2D eigenvalue weighted by atomic mass is 10.1. The molecule has 2 unspecified atom stereocenters. The van der Waals surface area contributed by atoms with Crippen LogP contribution in [-0.4, -0.2) is 33.2 Å². The number of hydrogen-bond donors (Lipinski definition) is 0. The van der Waals surface area contributed by atoms with E-state index >= 15 is 0 Å². The number of esters is 1. The zero-order chi connectivity index (χ0) is 15.9. The molecule has 0 saturated carbocycles. The summed E-state index contributed by atoms with van der Waals surface area (Å²) in [5.41, 5.74) is 2.08. The molecular weight excluding hydrogens is 286 g/mol. The number of rotatable bonds is 4. The van der Waals surface area contributed by atoms with Gasteiger partial charge in [0.25, 0.3) is 0 Å². The lowest BCUT2D eigenvalue weighted by molar-refractivity contribution is -0.142. The summed E-state index contributed by atoms with van der Waals surface area (Å²) in [4.78, 5) is 12.8. The molecule has 4 atom stereocenters. The molecule has 0 aromatic heterocycles. The van der Waals surface area contributed by atoms with Crippen molar-refractivity contribution in [3.05, 3.63) is 41.5 Å². The average Bonchev–Trinajstić information content (AvgIpc) is 3.02. The second kappa shape index (κ2) is 5.39. The quantitative estimate of drug-likeness (QED) is 0.487. The van der Waals surface area contributed by atoms with Crippen LogP contribution in [0.4, 0.5) is 0 Å². The van der Waals surface area contributed by atoms with Crippen molar-refractivity contribution < 1.29 is 13.7 Å². The van der Waals surface area contributed by atoms with Crippen LogP contribution in [0.15, 0.2) is 29.7 Å². The third kappa shape index (κ3) is 2.24. The maximum absolute atomic E-state index is 12.9. The molecular formula is C16H21NO3S. The molecule has 0 aliphatic carbocycles. The van der Waals surface area contributed by atoms with Gasteiger partial charge in [0.05, 0.1) is 18.0 Å². The SMILES string of the molecule is C=C[C@]1(C(=O)OC)[C@H](C)N1S(=O)c1c(C)cc(C)cc1C. The van der Waals surface area contributed by atoms with E-state index in [1.54, 1.807) is 4.31 Å². The Morgan fingerprint density at radius 2 is 1.90 bits per heavy atom. The van der Waals surface area contributed by atoms with Gasteiger partial charge in [-0.25, -0.2) is 9.00 Å². The standard InChI is InChI=1S/C16H21NO3S/c1-7-16(15(18)20-6)13(5)17(16)21(19)14-11(3)8-10(2)9-12(14)4/h7-9,13H,1H2,2-6H3/t13-,16+,17?,21?/m0/s1. The fourth-order valence-electron chi connectivity index (χ4n) is 3.01. The van der Waals surface area contributed by atoms with Crippen LogP contribution < -0.4 is 0 Å². The molecule has 1 aromatic rings. The predicted molar refractivity (Wildman–Crippen MR) is 83.3 cm³/mol. The Morgan fingerprint density at radius 3 is 2.33 bits per heavy atom. The molecule has 0 bridgehead atoms. The van der Waals surface area contributed by atoms with E-state index in [0.29, 0.717) is 0 Å². The van der Waals surface area contributed by atoms with Gasteiger partial charge in [0.2, 0.25) is 0 Å². The van der Waals surface area contributed by atoms with Crippen molar-refractivity contribution in [1.29, 1.82) is 0 Å². The smallest absolute Gasteiger partial charge is 0.332 e. The zero-order valence-corrected chi connectivity index (χ0v) is 13.9. The van der Waals surface area contributed by atoms with Gasteiger partial charge in [-0.3, -0.25) is 0 Å². The van der Waals surface area contributed by atoms with E-state index < -0.39 is 22.5 Å². The molecule has 1 aromatic carbocycles. The van der Waals surface area contributed by atoms with Crippen LogP contribution in [0.25, 0.3) is 0 Å². The fraction of sp³-hybridized carbons (Fsp3) is 0.438. The molecule has 1 fully saturated rings. The van der Waals surface area contributed by atoms with Crippen LogP contribution >= 0.6 is 0 Å². The lowest BCUT2D eigenvalue weighted by Gasteiger charge is -2.14. The highest BCUT2D eigenvalue weighted by Gasteiger charge is 2.68. The van der Waals surface area contributed by atoms with Gasteiger partial charge in [-0.2, -0.15) is 4.31 Å². The number of aryl methyl sites for hydroxylation is 3. The first-order valence-corrected chi connectivity index (χ1v) is 7.93. The molecule has 2 rings (SSSR count). The van der Waals surface area contributed by atoms with Crippen molar-refractivity contribution in [1.82, 2.24) is 4.31 Å². The minimum atomic E-state index is -1.42. The molecule has 21 heavy (non-hydrogen) atoms. The largest absolute Gasteiger partial charge is 0.467 e. The van der Waals surface area contributed by atoms with Crippen molar-refractivity contribution in [2.45, 2.75) is 44.2 Å². The minimum absolute atomic E-state index is 0.191. The first kappa shape index (κ1) is 15.9. The normalized spacial score (nSPS) is 28.8. The summed E-state index contributed by atoms with van der Waals surface area (Å²) in [5.74, 6) is -0.416. The van der Waals surface area contributed by atoms with Gasteiger partial charge in [-0.15, -0.1) is 6.58 Å². The Bertz CT molecular complexity index is 617. The number of methoxy groups -OCH3 is 1. The van der Waals surface area contributed by atoms with E-state index in [-0.39, 0.29) is 6.04 Å². The van der Waals surface area contributed by atoms with Gasteiger partial charge in [0, 0.05) is 0 Å². The highest BCUT2D eigenvalue weighted by Crippen LogP contribution is 2.46. The number of ether oxygens (including phenoxy) is 1. The van der Waals surface area contributed by atoms with E-state index in [9.17, 15) is 9.00 Å². The Morgan fingerprint density at radius 1 is 1.38 bits per heavy atom. The van der Waals surface area contributed by atoms with E-state index in [0.717, 1.165) is 21.6 Å². The van der Waals surface area contributed by atoms with E-state index in [4.69, 9.17) is 4.74 Å². The van der Waals surface area contributed by atoms with Crippen molar-refractivity contribution >= 4 is 17.0 Å². The zero-order valence-electron chi connectivity index (χ0n) is 13.1. The Kier molecular flexibility index (Phi) is 4.08. The number of nitrogens with zero attached hydrogens (tertiary/aromatic N) is 1. The van der Waals surface area contributed by atoms with Crippen LogP contribution in [0, 0.1) is 20.8 Å². The predicted octanol–water partition coefficient (Wildman–Crippen LogP) is 2.44. The van der Waals surface area contributed by atoms with Crippen LogP contribution in [0.3, 0.4) is 0 Å². The van der Waals surface area contributed by atoms with Gasteiger partial charge >= 0.3 is 5.97 Å². The first-order valence-electron chi connectivity index (χ1n) is 6.82. The molecule has 1 saturated heterocycles. The second-order valence-corrected chi connectivity index (χ2v) is 6.80. The molecule has 5 heteroatoms. The summed E-state index contributed by atoms with van der Waals surface area (Å²) < 4.78 is 19.4. The fourth-order valence-corrected chi connectivity index (χ4v) is 4.85. The van der Waals surface area contributed by atoms with E-state index in [2.05, 4.69) is 6.58 Å². The van der Waals surface area contributed by atoms with Crippen LogP contribution in [0.5, 0.6) is 0 Å². The van der Waals surface area contributed by atoms with E-state index in [1.807, 2.05) is 39.8 Å². The van der Waals surface area contributed by atoms with Gasteiger partial charge in [-0.1, -0.05) is 23.8 Å². The molecule has 0 amide bonds. The highest BCUT2D eigenvalue weighted by atomic mass is 32.2. The Hall–Kier alpha value is -1.46. The maximum Gasteiger partial charge on any atom is 0.332 e. The summed E-state index contributed by atoms with van der Waals surface area (Å²) in [5, 5.41) is 0. The molecule has 4 nitrogen and oxygen atoms in total. The Balaban J connectivity index is 2.44. The van der Waals surface area contributed by atoms with Crippen LogP contribution in [0.2, 0.25) is 0 Å². The molecule has 0 radical (unpaired) electrons. The summed E-state index contributed by atoms with van der Waals surface area (Å²) >= 11 is 0. The third-order valence-electron chi connectivity index (χ3n) is 4.07. The summed E-state index contributed by atoms with van der Waals surface area (Å²) in [6, 6.07) is 3.81. The molecule has 1 aliphatic heterocycles. The van der Waals surface area contributed by atoms with Crippen molar-refractivity contribution in [3.63, 3.8) is 0 Å². The van der Waals surface area contributed by atoms with E-state index in [1.165, 1.54) is 13.2 Å². The number of carbonyl (C=O) groups is 1. The molecule has 114 valence electrons. The number of hydrogen-bond acceptors (Lipinski definition) is 3. The maximum atomic E-state index is 12.9. The topological polar surface area (TPSA) is 46.4 Å².